The normalized spacial score (nSPS) is 21.1. The minimum atomic E-state index is -4.53. The molecule has 1 aliphatic rings. The molecule has 0 aliphatic carbocycles. The van der Waals surface area contributed by atoms with Crippen molar-refractivity contribution in [3.63, 3.8) is 0 Å². The van der Waals surface area contributed by atoms with Crippen LogP contribution >= 0.6 is 0 Å². The summed E-state index contributed by atoms with van der Waals surface area (Å²) in [6.45, 7) is 5.28. The van der Waals surface area contributed by atoms with Gasteiger partial charge in [0.25, 0.3) is 0 Å². The van der Waals surface area contributed by atoms with Gasteiger partial charge in [0.1, 0.15) is 0 Å². The van der Waals surface area contributed by atoms with E-state index in [1.165, 1.54) is 4.90 Å². The Morgan fingerprint density at radius 2 is 1.90 bits per heavy atom. The molecule has 1 amide bonds. The van der Waals surface area contributed by atoms with E-state index in [0.29, 0.717) is 0 Å². The number of nitrogens with zero attached hydrogens (tertiary/aromatic N) is 3. The average molecular weight is 527 g/mol. The van der Waals surface area contributed by atoms with Crippen molar-refractivity contribution in [3.8, 4) is 0 Å². The van der Waals surface area contributed by atoms with Crippen molar-refractivity contribution < 1.29 is 27.1 Å². The van der Waals surface area contributed by atoms with Gasteiger partial charge >= 0.3 is 172 Å². The summed E-state index contributed by atoms with van der Waals surface area (Å²) in [6.07, 6.45) is -5.51. The SMILES string of the molecule is CC(C)(C)OC(=O)N1CC[C@@H](Nc2ncc(C(F)(F)F)[c]([Sn]([CH3])([CH3])[CH3])n2)[C@H](F)C1. The molecule has 1 aliphatic heterocycles. The first kappa shape index (κ1) is 23.9. The first-order chi connectivity index (χ1) is 13.1. The number of alkyl halides is 4. The van der Waals surface area contributed by atoms with Crippen molar-refractivity contribution in [1.82, 2.24) is 14.9 Å². The molecule has 1 aromatic heterocycles. The molecule has 0 aromatic carbocycles. The third kappa shape index (κ3) is 6.58. The number of halogens is 4. The van der Waals surface area contributed by atoms with Crippen LogP contribution in [-0.4, -0.2) is 70.2 Å². The van der Waals surface area contributed by atoms with Crippen molar-refractivity contribution >= 4 is 34.1 Å². The number of carbonyl (C=O) groups is 1. The van der Waals surface area contributed by atoms with Crippen molar-refractivity contribution in [3.05, 3.63) is 11.8 Å². The predicted octanol–water partition coefficient (Wildman–Crippen LogP) is 3.80. The molecule has 11 heteroatoms. The summed E-state index contributed by atoms with van der Waals surface area (Å²) in [4.78, 5) is 26.8. The molecule has 2 atom stereocenters. The molecule has 0 radical (unpaired) electrons. The average Bonchev–Trinajstić information content (AvgIpc) is 2.53. The number of ether oxygens (including phenoxy) is 1. The number of likely N-dealkylation sites (tertiary alicyclic amines) is 1. The Balaban J connectivity index is 2.12. The molecule has 2 rings (SSSR count). The molecule has 1 aromatic rings. The van der Waals surface area contributed by atoms with Crippen LogP contribution in [0.5, 0.6) is 0 Å². The van der Waals surface area contributed by atoms with Gasteiger partial charge in [-0.15, -0.1) is 0 Å². The molecule has 2 heterocycles. The minimum absolute atomic E-state index is 0.0157. The number of carbonyl (C=O) groups excluding carboxylic acids is 1. The number of rotatable bonds is 3. The van der Waals surface area contributed by atoms with Gasteiger partial charge < -0.3 is 0 Å². The van der Waals surface area contributed by atoms with E-state index in [1.54, 1.807) is 20.8 Å². The van der Waals surface area contributed by atoms with Crippen LogP contribution in [0.2, 0.25) is 14.8 Å². The van der Waals surface area contributed by atoms with Crippen LogP contribution < -0.4 is 9.03 Å². The van der Waals surface area contributed by atoms with Gasteiger partial charge in [-0.05, 0) is 0 Å². The molecular weight excluding hydrogens is 499 g/mol. The van der Waals surface area contributed by atoms with Gasteiger partial charge in [-0.1, -0.05) is 0 Å². The molecule has 6 nitrogen and oxygen atoms in total. The van der Waals surface area contributed by atoms with Gasteiger partial charge in [-0.3, -0.25) is 0 Å². The van der Waals surface area contributed by atoms with E-state index in [0.717, 1.165) is 6.20 Å². The summed E-state index contributed by atoms with van der Waals surface area (Å²) in [6, 6.07) is -0.701. The zero-order chi connectivity index (χ0) is 22.2. The van der Waals surface area contributed by atoms with Gasteiger partial charge in [-0.25, -0.2) is 0 Å². The molecule has 0 saturated carbocycles. The number of anilines is 1. The summed E-state index contributed by atoms with van der Waals surface area (Å²) < 4.78 is 59.8. The molecule has 29 heavy (non-hydrogen) atoms. The number of hydrogen-bond acceptors (Lipinski definition) is 5. The summed E-state index contributed by atoms with van der Waals surface area (Å²) in [7, 11) is 0. The van der Waals surface area contributed by atoms with Crippen LogP contribution in [0.1, 0.15) is 32.8 Å². The van der Waals surface area contributed by atoms with Crippen LogP contribution in [0.3, 0.4) is 0 Å². The topological polar surface area (TPSA) is 67.3 Å². The van der Waals surface area contributed by atoms with E-state index in [4.69, 9.17) is 4.74 Å². The van der Waals surface area contributed by atoms with Crippen molar-refractivity contribution in [2.45, 2.75) is 66.0 Å². The van der Waals surface area contributed by atoms with Gasteiger partial charge in [0.05, 0.1) is 0 Å². The van der Waals surface area contributed by atoms with Gasteiger partial charge in [0, 0.05) is 0 Å². The Bertz CT molecular complexity index is 747. The van der Waals surface area contributed by atoms with Crippen molar-refractivity contribution in [2.75, 3.05) is 18.4 Å². The number of hydrogen-bond donors (Lipinski definition) is 1. The van der Waals surface area contributed by atoms with Crippen LogP contribution in [0.15, 0.2) is 6.20 Å². The van der Waals surface area contributed by atoms with E-state index in [1.807, 2.05) is 14.8 Å². The van der Waals surface area contributed by atoms with E-state index in [9.17, 15) is 22.4 Å². The first-order valence-electron chi connectivity index (χ1n) is 9.41. The molecule has 0 spiro atoms. The van der Waals surface area contributed by atoms with Crippen molar-refractivity contribution in [2.24, 2.45) is 0 Å². The maximum absolute atomic E-state index is 14.6. The fourth-order valence-corrected chi connectivity index (χ4v) is 7.11. The Morgan fingerprint density at radius 1 is 1.28 bits per heavy atom. The monoisotopic (exact) mass is 528 g/mol. The van der Waals surface area contributed by atoms with Gasteiger partial charge in [0.2, 0.25) is 0 Å². The third-order valence-electron chi connectivity index (χ3n) is 4.31. The fourth-order valence-electron chi connectivity index (χ4n) is 2.96. The Kier molecular flexibility index (Phi) is 6.96. The quantitative estimate of drug-likeness (QED) is 0.479. The summed E-state index contributed by atoms with van der Waals surface area (Å²) in [5, 5.41) is 2.82. The molecule has 164 valence electrons. The van der Waals surface area contributed by atoms with Gasteiger partial charge in [-0.2, -0.15) is 0 Å². The summed E-state index contributed by atoms with van der Waals surface area (Å²) in [5.74, 6) is -0.0157. The molecular formula is C18H28F4N4O2Sn. The second kappa shape index (κ2) is 8.43. The molecule has 0 unspecified atom stereocenters. The number of aromatic nitrogens is 2. The van der Waals surface area contributed by atoms with E-state index >= 15 is 0 Å². The zero-order valence-electron chi connectivity index (χ0n) is 17.5. The van der Waals surface area contributed by atoms with Crippen LogP contribution in [0, 0.1) is 0 Å². The number of nitrogens with one attached hydrogen (secondary N) is 1. The molecule has 1 N–H and O–H groups in total. The number of amides is 1. The summed E-state index contributed by atoms with van der Waals surface area (Å²) in [5.41, 5.74) is -1.50. The first-order valence-corrected chi connectivity index (χ1v) is 19.4. The maximum atomic E-state index is 14.6. The number of piperidine rings is 1. The zero-order valence-corrected chi connectivity index (χ0v) is 20.4. The third-order valence-corrected chi connectivity index (χ3v) is 9.46. The second-order valence-electron chi connectivity index (χ2n) is 9.19. The van der Waals surface area contributed by atoms with E-state index in [2.05, 4.69) is 15.3 Å². The molecule has 1 saturated heterocycles. The van der Waals surface area contributed by atoms with Crippen molar-refractivity contribution in [1.29, 1.82) is 0 Å². The second-order valence-corrected chi connectivity index (χ2v) is 23.4. The van der Waals surface area contributed by atoms with Gasteiger partial charge in [0.15, 0.2) is 0 Å². The predicted molar refractivity (Wildman–Crippen MR) is 105 cm³/mol. The molecule has 0 bridgehead atoms. The Hall–Kier alpha value is -1.33. The summed E-state index contributed by atoms with van der Waals surface area (Å²) >= 11 is -3.22. The van der Waals surface area contributed by atoms with Crippen LogP contribution in [0.25, 0.3) is 0 Å². The Labute approximate surface area is 172 Å². The van der Waals surface area contributed by atoms with Crippen LogP contribution in [-0.2, 0) is 10.9 Å². The van der Waals surface area contributed by atoms with E-state index < -0.39 is 54.0 Å². The van der Waals surface area contributed by atoms with E-state index in [-0.39, 0.29) is 29.2 Å². The fraction of sp³-hybridized carbons (Fsp3) is 0.722. The van der Waals surface area contributed by atoms with Crippen LogP contribution in [0.4, 0.5) is 28.3 Å². The molecule has 1 fully saturated rings. The standard InChI is InChI=1S/C15H19F4N4O2.3CH3.Sn/c1-14(2,3)25-13(24)23-5-4-11(10(16)8-23)22-12-20-6-9(7-21-12)15(17,18)19;;;;/h6,10-11H,4-5,8H2,1-3H3,(H,20,21,22);3*1H3;/t10-,11-;;;;/m1..../s1. The Morgan fingerprint density at radius 3 is 2.38 bits per heavy atom.